The predicted molar refractivity (Wildman–Crippen MR) is 58.2 cm³/mol. The highest BCUT2D eigenvalue weighted by atomic mass is 19.2. The van der Waals surface area contributed by atoms with E-state index in [9.17, 15) is 13.9 Å². The molecule has 17 heavy (non-hydrogen) atoms. The first kappa shape index (κ1) is 11.1. The van der Waals surface area contributed by atoms with Gasteiger partial charge in [-0.25, -0.2) is 8.78 Å². The van der Waals surface area contributed by atoms with Gasteiger partial charge in [0, 0.05) is 5.56 Å². The first-order valence-electron chi connectivity index (χ1n) is 4.81. The van der Waals surface area contributed by atoms with E-state index in [0.717, 1.165) is 6.07 Å². The molecular weight excluding hydrogens is 224 g/mol. The Labute approximate surface area is 96.4 Å². The average molecular weight is 231 g/mol. The summed E-state index contributed by atoms with van der Waals surface area (Å²) in [5, 5.41) is 18.1. The van der Waals surface area contributed by atoms with Gasteiger partial charge < -0.3 is 5.11 Å². The Morgan fingerprint density at radius 3 is 2.59 bits per heavy atom. The molecule has 2 aromatic rings. The number of benzene rings is 2. The summed E-state index contributed by atoms with van der Waals surface area (Å²) in [5.74, 6) is -2.11. The number of nitrogens with zero attached hydrogens (tertiary/aromatic N) is 1. The number of rotatable bonds is 1. The number of halogens is 2. The molecule has 0 heterocycles. The second kappa shape index (κ2) is 4.22. The molecule has 0 spiro atoms. The summed E-state index contributed by atoms with van der Waals surface area (Å²) in [6.07, 6.45) is 0. The van der Waals surface area contributed by atoms with Gasteiger partial charge >= 0.3 is 0 Å². The van der Waals surface area contributed by atoms with Crippen molar-refractivity contribution in [3.05, 3.63) is 53.6 Å². The maximum Gasteiger partial charge on any atom is 0.166 e. The van der Waals surface area contributed by atoms with Crippen molar-refractivity contribution in [2.45, 2.75) is 0 Å². The van der Waals surface area contributed by atoms with E-state index < -0.39 is 11.6 Å². The van der Waals surface area contributed by atoms with Gasteiger partial charge in [0.1, 0.15) is 11.8 Å². The summed E-state index contributed by atoms with van der Waals surface area (Å²) < 4.78 is 26.5. The number of hydrogen-bond donors (Lipinski definition) is 1. The second-order valence-corrected chi connectivity index (χ2v) is 3.45. The highest BCUT2D eigenvalue weighted by Crippen LogP contribution is 2.28. The Bertz CT molecular complexity index is 617. The van der Waals surface area contributed by atoms with E-state index in [0.29, 0.717) is 5.56 Å². The molecule has 0 amide bonds. The van der Waals surface area contributed by atoms with Crippen LogP contribution in [0.25, 0.3) is 11.1 Å². The van der Waals surface area contributed by atoms with Gasteiger partial charge in [-0.1, -0.05) is 18.2 Å². The molecule has 0 unspecified atom stereocenters. The van der Waals surface area contributed by atoms with Crippen LogP contribution in [0.15, 0.2) is 36.4 Å². The highest BCUT2D eigenvalue weighted by molar-refractivity contribution is 5.67. The van der Waals surface area contributed by atoms with Crippen LogP contribution in [0.2, 0.25) is 0 Å². The topological polar surface area (TPSA) is 44.0 Å². The van der Waals surface area contributed by atoms with Crippen LogP contribution in [0.5, 0.6) is 5.75 Å². The van der Waals surface area contributed by atoms with Gasteiger partial charge in [0.2, 0.25) is 0 Å². The summed E-state index contributed by atoms with van der Waals surface area (Å²) in [7, 11) is 0. The molecule has 1 N–H and O–H groups in total. The van der Waals surface area contributed by atoms with Crippen LogP contribution in [0, 0.1) is 23.0 Å². The van der Waals surface area contributed by atoms with E-state index in [1.807, 2.05) is 0 Å². The van der Waals surface area contributed by atoms with Crippen molar-refractivity contribution in [3.8, 4) is 22.9 Å². The molecular formula is C13H7F2NO. The molecule has 0 aromatic heterocycles. The van der Waals surface area contributed by atoms with Crippen LogP contribution in [0.1, 0.15) is 5.56 Å². The molecule has 84 valence electrons. The number of hydrogen-bond acceptors (Lipinski definition) is 2. The number of nitriles is 1. The molecule has 2 rings (SSSR count). The van der Waals surface area contributed by atoms with E-state index in [4.69, 9.17) is 5.26 Å². The second-order valence-electron chi connectivity index (χ2n) is 3.45. The van der Waals surface area contributed by atoms with Crippen LogP contribution in [-0.2, 0) is 0 Å². The van der Waals surface area contributed by atoms with Crippen molar-refractivity contribution in [1.29, 1.82) is 5.26 Å². The summed E-state index contributed by atoms with van der Waals surface area (Å²) in [5.41, 5.74) is 0.420. The average Bonchev–Trinajstić information content (AvgIpc) is 2.34. The third kappa shape index (κ3) is 1.95. The fourth-order valence-electron chi connectivity index (χ4n) is 1.52. The Balaban J connectivity index is 2.62. The van der Waals surface area contributed by atoms with Crippen molar-refractivity contribution < 1.29 is 13.9 Å². The lowest BCUT2D eigenvalue weighted by Gasteiger charge is -2.05. The zero-order chi connectivity index (χ0) is 12.4. The zero-order valence-corrected chi connectivity index (χ0v) is 8.61. The fraction of sp³-hybridized carbons (Fsp3) is 0. The molecule has 0 saturated heterocycles. The summed E-state index contributed by atoms with van der Waals surface area (Å²) in [6, 6.07) is 9.60. The van der Waals surface area contributed by atoms with Crippen molar-refractivity contribution >= 4 is 0 Å². The minimum Gasteiger partial charge on any atom is -0.507 e. The SMILES string of the molecule is N#Cc1cc(-c2cccc(F)c2F)ccc1O. The fourth-order valence-corrected chi connectivity index (χ4v) is 1.52. The van der Waals surface area contributed by atoms with Gasteiger partial charge in [-0.3, -0.25) is 0 Å². The molecule has 2 nitrogen and oxygen atoms in total. The van der Waals surface area contributed by atoms with Crippen LogP contribution in [0.4, 0.5) is 8.78 Å². The molecule has 0 fully saturated rings. The Morgan fingerprint density at radius 1 is 1.12 bits per heavy atom. The molecule has 0 radical (unpaired) electrons. The lowest BCUT2D eigenvalue weighted by molar-refractivity contribution is 0.473. The Morgan fingerprint density at radius 2 is 1.88 bits per heavy atom. The Hall–Kier alpha value is -2.41. The first-order chi connectivity index (χ1) is 8.13. The zero-order valence-electron chi connectivity index (χ0n) is 8.61. The molecule has 0 aliphatic carbocycles. The van der Waals surface area contributed by atoms with Gasteiger partial charge in [0.25, 0.3) is 0 Å². The smallest absolute Gasteiger partial charge is 0.166 e. The number of phenolic OH excluding ortho intramolecular Hbond substituents is 1. The minimum absolute atomic E-state index is 0.0196. The largest absolute Gasteiger partial charge is 0.507 e. The molecule has 0 bridgehead atoms. The molecule has 0 saturated carbocycles. The van der Waals surface area contributed by atoms with Gasteiger partial charge in [-0.2, -0.15) is 5.26 Å². The first-order valence-corrected chi connectivity index (χ1v) is 4.81. The van der Waals surface area contributed by atoms with Crippen molar-refractivity contribution in [2.75, 3.05) is 0 Å². The minimum atomic E-state index is -0.970. The van der Waals surface area contributed by atoms with E-state index in [1.165, 1.54) is 30.3 Å². The van der Waals surface area contributed by atoms with Crippen molar-refractivity contribution in [3.63, 3.8) is 0 Å². The summed E-state index contributed by atoms with van der Waals surface area (Å²) in [4.78, 5) is 0. The quantitative estimate of drug-likeness (QED) is 0.818. The molecule has 2 aromatic carbocycles. The lowest BCUT2D eigenvalue weighted by atomic mass is 10.0. The van der Waals surface area contributed by atoms with Crippen LogP contribution >= 0.6 is 0 Å². The van der Waals surface area contributed by atoms with E-state index in [2.05, 4.69) is 0 Å². The van der Waals surface area contributed by atoms with Crippen LogP contribution in [-0.4, -0.2) is 5.11 Å². The third-order valence-electron chi connectivity index (χ3n) is 2.38. The lowest BCUT2D eigenvalue weighted by Crippen LogP contribution is -1.89. The summed E-state index contributed by atoms with van der Waals surface area (Å²) >= 11 is 0. The molecule has 0 aliphatic rings. The van der Waals surface area contributed by atoms with Gasteiger partial charge in [0.05, 0.1) is 5.56 Å². The summed E-state index contributed by atoms with van der Waals surface area (Å²) in [6.45, 7) is 0. The van der Waals surface area contributed by atoms with E-state index in [-0.39, 0.29) is 16.9 Å². The van der Waals surface area contributed by atoms with Gasteiger partial charge in [0.15, 0.2) is 11.6 Å². The molecule has 0 atom stereocenters. The molecule has 4 heteroatoms. The van der Waals surface area contributed by atoms with Gasteiger partial charge in [-0.15, -0.1) is 0 Å². The van der Waals surface area contributed by atoms with Crippen LogP contribution < -0.4 is 0 Å². The maximum atomic E-state index is 13.5. The third-order valence-corrected chi connectivity index (χ3v) is 2.38. The highest BCUT2D eigenvalue weighted by Gasteiger charge is 2.11. The van der Waals surface area contributed by atoms with E-state index >= 15 is 0 Å². The number of aromatic hydroxyl groups is 1. The monoisotopic (exact) mass is 231 g/mol. The van der Waals surface area contributed by atoms with E-state index in [1.54, 1.807) is 6.07 Å². The normalized spacial score (nSPS) is 9.94. The van der Waals surface area contributed by atoms with Gasteiger partial charge in [-0.05, 0) is 23.8 Å². The standard InChI is InChI=1S/C13H7F2NO/c14-11-3-1-2-10(13(11)15)8-4-5-12(17)9(6-8)7-16/h1-6,17H. The number of phenols is 1. The maximum absolute atomic E-state index is 13.5. The predicted octanol–water partition coefficient (Wildman–Crippen LogP) is 3.21. The molecule has 0 aliphatic heterocycles. The van der Waals surface area contributed by atoms with Crippen molar-refractivity contribution in [2.24, 2.45) is 0 Å². The van der Waals surface area contributed by atoms with Crippen molar-refractivity contribution in [1.82, 2.24) is 0 Å². The van der Waals surface area contributed by atoms with Crippen LogP contribution in [0.3, 0.4) is 0 Å². The Kier molecular flexibility index (Phi) is 2.75.